The summed E-state index contributed by atoms with van der Waals surface area (Å²) in [4.78, 5) is 40.3. The minimum Gasteiger partial charge on any atom is -0.454 e. The van der Waals surface area contributed by atoms with Gasteiger partial charge in [-0.3, -0.25) is 14.4 Å². The molecule has 2 aromatic carbocycles. The van der Waals surface area contributed by atoms with E-state index in [-0.39, 0.29) is 36.8 Å². The summed E-state index contributed by atoms with van der Waals surface area (Å²) in [5.41, 5.74) is 2.55. The Morgan fingerprint density at radius 3 is 2.34 bits per heavy atom. The van der Waals surface area contributed by atoms with Crippen molar-refractivity contribution in [2.45, 2.75) is 66.3 Å². The lowest BCUT2D eigenvalue weighted by Crippen LogP contribution is -2.42. The molecule has 7 heteroatoms. The Labute approximate surface area is 207 Å². The van der Waals surface area contributed by atoms with E-state index in [1.54, 1.807) is 46.0 Å². The van der Waals surface area contributed by atoms with E-state index < -0.39 is 11.5 Å². The van der Waals surface area contributed by atoms with E-state index in [2.05, 4.69) is 0 Å². The normalized spacial score (nSPS) is 13.5. The smallest absolute Gasteiger partial charge is 0.313 e. The van der Waals surface area contributed by atoms with Crippen molar-refractivity contribution in [3.8, 4) is 17.2 Å². The van der Waals surface area contributed by atoms with Crippen LogP contribution in [0.2, 0.25) is 0 Å². The van der Waals surface area contributed by atoms with Gasteiger partial charge in [-0.25, -0.2) is 0 Å². The molecule has 0 spiro atoms. The second-order valence-electron chi connectivity index (χ2n) is 10.2. The lowest BCUT2D eigenvalue weighted by molar-refractivity contribution is -0.137. The van der Waals surface area contributed by atoms with Crippen LogP contribution in [0.3, 0.4) is 0 Å². The van der Waals surface area contributed by atoms with Gasteiger partial charge in [0, 0.05) is 30.0 Å². The molecule has 0 bridgehead atoms. The van der Waals surface area contributed by atoms with Crippen molar-refractivity contribution in [2.75, 3.05) is 13.8 Å². The summed E-state index contributed by atoms with van der Waals surface area (Å²) < 4.78 is 16.4. The summed E-state index contributed by atoms with van der Waals surface area (Å²) in [6, 6.07) is 8.21. The van der Waals surface area contributed by atoms with Gasteiger partial charge in [0.15, 0.2) is 17.3 Å². The third-order valence-corrected chi connectivity index (χ3v) is 6.41. The molecule has 35 heavy (non-hydrogen) atoms. The van der Waals surface area contributed by atoms with Crippen molar-refractivity contribution in [2.24, 2.45) is 5.92 Å². The molecule has 1 heterocycles. The van der Waals surface area contributed by atoms with Gasteiger partial charge in [0.05, 0.1) is 12.0 Å². The molecule has 0 saturated carbocycles. The molecule has 1 unspecified atom stereocenters. The molecule has 1 aliphatic rings. The van der Waals surface area contributed by atoms with Gasteiger partial charge in [0.2, 0.25) is 12.7 Å². The summed E-state index contributed by atoms with van der Waals surface area (Å²) in [6.07, 6.45) is 0.137. The van der Waals surface area contributed by atoms with Crippen LogP contribution in [0.25, 0.3) is 0 Å². The monoisotopic (exact) mass is 481 g/mol. The van der Waals surface area contributed by atoms with Crippen LogP contribution in [-0.2, 0) is 15.0 Å². The van der Waals surface area contributed by atoms with Crippen molar-refractivity contribution in [1.82, 2.24) is 4.90 Å². The zero-order valence-electron chi connectivity index (χ0n) is 21.9. The minimum atomic E-state index is -0.670. The highest BCUT2D eigenvalue weighted by atomic mass is 16.7. The summed E-state index contributed by atoms with van der Waals surface area (Å²) >= 11 is 0. The predicted molar refractivity (Wildman–Crippen MR) is 133 cm³/mol. The molecule has 0 fully saturated rings. The summed E-state index contributed by atoms with van der Waals surface area (Å²) in [5.74, 6) is 0.638. The number of nitrogens with zero attached hydrogens (tertiary/aromatic N) is 1. The molecular formula is C28H35NO6. The third-order valence-electron chi connectivity index (χ3n) is 6.41. The number of ether oxygens (including phenoxy) is 3. The average molecular weight is 482 g/mol. The predicted octanol–water partition coefficient (Wildman–Crippen LogP) is 4.99. The Balaban J connectivity index is 1.81. The topological polar surface area (TPSA) is 82.1 Å². The number of carbonyl (C=O) groups excluding carboxylic acids is 3. The molecule has 7 nitrogen and oxygen atoms in total. The number of aryl methyl sites for hydroxylation is 2. The molecular weight excluding hydrogens is 446 g/mol. The largest absolute Gasteiger partial charge is 0.454 e. The average Bonchev–Trinajstić information content (AvgIpc) is 3.24. The van der Waals surface area contributed by atoms with E-state index in [4.69, 9.17) is 14.2 Å². The minimum absolute atomic E-state index is 0.128. The number of hydrogen-bond acceptors (Lipinski definition) is 6. The molecule has 0 aliphatic carbocycles. The van der Waals surface area contributed by atoms with Crippen LogP contribution < -0.4 is 14.2 Å². The van der Waals surface area contributed by atoms with E-state index in [0.717, 1.165) is 16.7 Å². The van der Waals surface area contributed by atoms with Crippen LogP contribution in [-0.4, -0.2) is 42.4 Å². The molecule has 0 saturated heterocycles. The Morgan fingerprint density at radius 2 is 1.69 bits per heavy atom. The quantitative estimate of drug-likeness (QED) is 0.300. The van der Waals surface area contributed by atoms with Gasteiger partial charge < -0.3 is 19.1 Å². The van der Waals surface area contributed by atoms with E-state index in [1.165, 1.54) is 4.90 Å². The first-order valence-corrected chi connectivity index (χ1v) is 11.8. The van der Waals surface area contributed by atoms with Gasteiger partial charge >= 0.3 is 5.97 Å². The maximum atomic E-state index is 13.3. The Bertz CT molecular complexity index is 1150. The van der Waals surface area contributed by atoms with Crippen molar-refractivity contribution in [3.63, 3.8) is 0 Å². The van der Waals surface area contributed by atoms with Crippen LogP contribution in [0.5, 0.6) is 17.2 Å². The zero-order valence-corrected chi connectivity index (χ0v) is 21.9. The first-order valence-electron chi connectivity index (χ1n) is 11.8. The van der Waals surface area contributed by atoms with Crippen LogP contribution in [0, 0.1) is 19.8 Å². The van der Waals surface area contributed by atoms with Gasteiger partial charge in [-0.2, -0.15) is 0 Å². The molecule has 0 radical (unpaired) electrons. The highest BCUT2D eigenvalue weighted by molar-refractivity contribution is 6.02. The zero-order chi connectivity index (χ0) is 26.1. The van der Waals surface area contributed by atoms with Gasteiger partial charge in [-0.15, -0.1) is 0 Å². The molecule has 1 aliphatic heterocycles. The number of fused-ring (bicyclic) bond motifs is 1. The number of esters is 1. The summed E-state index contributed by atoms with van der Waals surface area (Å²) in [6.45, 7) is 13.2. The van der Waals surface area contributed by atoms with Crippen molar-refractivity contribution in [3.05, 3.63) is 52.6 Å². The van der Waals surface area contributed by atoms with Crippen LogP contribution in [0.15, 0.2) is 30.3 Å². The number of benzene rings is 2. The van der Waals surface area contributed by atoms with Gasteiger partial charge in [0.25, 0.3) is 0 Å². The van der Waals surface area contributed by atoms with Crippen molar-refractivity contribution < 1.29 is 28.6 Å². The van der Waals surface area contributed by atoms with Crippen molar-refractivity contribution >= 4 is 17.7 Å². The van der Waals surface area contributed by atoms with Crippen LogP contribution in [0.4, 0.5) is 0 Å². The second-order valence-corrected chi connectivity index (χ2v) is 10.2. The first-order chi connectivity index (χ1) is 16.3. The molecule has 0 aromatic heterocycles. The van der Waals surface area contributed by atoms with Gasteiger partial charge in [0.1, 0.15) is 5.75 Å². The van der Waals surface area contributed by atoms with Gasteiger partial charge in [-0.1, -0.05) is 33.8 Å². The molecule has 3 rings (SSSR count). The number of amides is 1. The fourth-order valence-corrected chi connectivity index (χ4v) is 4.38. The van der Waals surface area contributed by atoms with E-state index >= 15 is 0 Å². The molecule has 2 aromatic rings. The molecule has 1 amide bonds. The highest BCUT2D eigenvalue weighted by Gasteiger charge is 2.34. The van der Waals surface area contributed by atoms with E-state index in [1.807, 2.05) is 39.8 Å². The third kappa shape index (κ3) is 5.66. The van der Waals surface area contributed by atoms with E-state index in [0.29, 0.717) is 22.8 Å². The second kappa shape index (κ2) is 10.1. The SMILES string of the molecule is Cc1cc(C)c(C(C)(C)CC(=O)N(C)C(C)C(=O)c2ccc3c(c2)OCO3)c(OC(=O)C(C)C)c1. The lowest BCUT2D eigenvalue weighted by atomic mass is 9.77. The molecule has 1 atom stereocenters. The lowest BCUT2D eigenvalue weighted by Gasteiger charge is -2.32. The fourth-order valence-electron chi connectivity index (χ4n) is 4.38. The number of hydrogen-bond donors (Lipinski definition) is 0. The summed E-state index contributed by atoms with van der Waals surface area (Å²) in [7, 11) is 1.63. The standard InChI is InChI=1S/C28H35NO6/c1-16(2)27(32)35-23-12-17(3)11-18(4)25(23)28(6,7)14-24(30)29(8)19(5)26(31)20-9-10-21-22(13-20)34-15-33-21/h9-13,16,19H,14-15H2,1-8H3. The van der Waals surface area contributed by atoms with Gasteiger partial charge in [-0.05, 0) is 56.2 Å². The van der Waals surface area contributed by atoms with Crippen LogP contribution in [0.1, 0.15) is 68.1 Å². The Hall–Kier alpha value is -3.35. The highest BCUT2D eigenvalue weighted by Crippen LogP contribution is 2.39. The summed E-state index contributed by atoms with van der Waals surface area (Å²) in [5, 5.41) is 0. The van der Waals surface area contributed by atoms with Crippen LogP contribution >= 0.6 is 0 Å². The molecule has 188 valence electrons. The van der Waals surface area contributed by atoms with E-state index in [9.17, 15) is 14.4 Å². The number of ketones is 1. The maximum absolute atomic E-state index is 13.3. The number of Topliss-reactive ketones (excluding diaryl/α,β-unsaturated/α-hetero) is 1. The number of likely N-dealkylation sites (N-methyl/N-ethyl adjacent to an activating group) is 1. The number of carbonyl (C=O) groups is 3. The first kappa shape index (κ1) is 26.3. The fraction of sp³-hybridized carbons (Fsp3) is 0.464. The molecule has 0 N–H and O–H groups in total. The van der Waals surface area contributed by atoms with Crippen molar-refractivity contribution in [1.29, 1.82) is 0 Å². The number of rotatable bonds is 8. The Morgan fingerprint density at radius 1 is 1.03 bits per heavy atom. The maximum Gasteiger partial charge on any atom is 0.313 e. The Kier molecular flexibility index (Phi) is 7.58.